The van der Waals surface area contributed by atoms with E-state index in [-0.39, 0.29) is 5.92 Å². The standard InChI is InChI=1S/C16H21ClN4/c1-4-9-18-14-10-15(21-16(20-14)11(2)3)19-13-8-6-5-7-12(13)17/h5-8,10-11H,4,9H2,1-3H3,(H2,18,19,20,21). The number of aromatic nitrogens is 2. The van der Waals surface area contributed by atoms with Crippen molar-refractivity contribution in [1.82, 2.24) is 9.97 Å². The lowest BCUT2D eigenvalue weighted by atomic mass is 10.2. The van der Waals surface area contributed by atoms with Crippen LogP contribution in [0.1, 0.15) is 38.9 Å². The first-order valence-electron chi connectivity index (χ1n) is 7.24. The third kappa shape index (κ3) is 4.33. The second-order valence-electron chi connectivity index (χ2n) is 5.18. The van der Waals surface area contributed by atoms with Crippen molar-refractivity contribution in [1.29, 1.82) is 0 Å². The van der Waals surface area contributed by atoms with Crippen molar-refractivity contribution in [3.63, 3.8) is 0 Å². The maximum absolute atomic E-state index is 6.18. The average molecular weight is 305 g/mol. The van der Waals surface area contributed by atoms with Gasteiger partial charge in [-0.25, -0.2) is 9.97 Å². The van der Waals surface area contributed by atoms with Gasteiger partial charge >= 0.3 is 0 Å². The van der Waals surface area contributed by atoms with Crippen LogP contribution < -0.4 is 10.6 Å². The van der Waals surface area contributed by atoms with Gasteiger partial charge in [0, 0.05) is 18.5 Å². The number of nitrogens with one attached hydrogen (secondary N) is 2. The van der Waals surface area contributed by atoms with E-state index in [9.17, 15) is 0 Å². The highest BCUT2D eigenvalue weighted by atomic mass is 35.5. The van der Waals surface area contributed by atoms with Crippen LogP contribution in [0.4, 0.5) is 17.3 Å². The van der Waals surface area contributed by atoms with Gasteiger partial charge in [-0.2, -0.15) is 0 Å². The Bertz CT molecular complexity index is 599. The Morgan fingerprint density at radius 3 is 2.52 bits per heavy atom. The quantitative estimate of drug-likeness (QED) is 0.803. The Kier molecular flexibility index (Phi) is 5.39. The van der Waals surface area contributed by atoms with Gasteiger partial charge in [0.2, 0.25) is 0 Å². The highest BCUT2D eigenvalue weighted by Crippen LogP contribution is 2.25. The molecule has 1 aromatic carbocycles. The summed E-state index contributed by atoms with van der Waals surface area (Å²) in [6.07, 6.45) is 1.05. The third-order valence-electron chi connectivity index (χ3n) is 2.95. The number of benzene rings is 1. The molecule has 1 heterocycles. The van der Waals surface area contributed by atoms with Crippen LogP contribution >= 0.6 is 11.6 Å². The zero-order valence-electron chi connectivity index (χ0n) is 12.7. The van der Waals surface area contributed by atoms with Crippen molar-refractivity contribution in [3.05, 3.63) is 41.2 Å². The van der Waals surface area contributed by atoms with Gasteiger partial charge in [0.25, 0.3) is 0 Å². The van der Waals surface area contributed by atoms with Crippen molar-refractivity contribution in [3.8, 4) is 0 Å². The van der Waals surface area contributed by atoms with Crippen LogP contribution in [0.5, 0.6) is 0 Å². The minimum atomic E-state index is 0.264. The average Bonchev–Trinajstić information content (AvgIpc) is 2.47. The number of hydrogen-bond acceptors (Lipinski definition) is 4. The van der Waals surface area contributed by atoms with Gasteiger partial charge in [-0.05, 0) is 18.6 Å². The van der Waals surface area contributed by atoms with Crippen molar-refractivity contribution in [2.45, 2.75) is 33.1 Å². The summed E-state index contributed by atoms with van der Waals surface area (Å²) in [6.45, 7) is 7.18. The van der Waals surface area contributed by atoms with Crippen molar-refractivity contribution in [2.24, 2.45) is 0 Å². The maximum Gasteiger partial charge on any atom is 0.136 e. The fourth-order valence-electron chi connectivity index (χ4n) is 1.83. The number of halogens is 1. The van der Waals surface area contributed by atoms with Crippen LogP contribution in [0.2, 0.25) is 5.02 Å². The molecule has 0 aliphatic rings. The molecule has 0 unspecified atom stereocenters. The molecule has 112 valence electrons. The van der Waals surface area contributed by atoms with Gasteiger partial charge in [0.1, 0.15) is 17.5 Å². The van der Waals surface area contributed by atoms with Gasteiger partial charge in [-0.3, -0.25) is 0 Å². The van der Waals surface area contributed by atoms with Gasteiger partial charge in [-0.1, -0.05) is 44.5 Å². The van der Waals surface area contributed by atoms with Crippen LogP contribution in [0.25, 0.3) is 0 Å². The second-order valence-corrected chi connectivity index (χ2v) is 5.59. The lowest BCUT2D eigenvalue weighted by Crippen LogP contribution is -2.08. The summed E-state index contributed by atoms with van der Waals surface area (Å²) >= 11 is 6.18. The smallest absolute Gasteiger partial charge is 0.136 e. The van der Waals surface area contributed by atoms with Gasteiger partial charge in [0.15, 0.2) is 0 Å². The summed E-state index contributed by atoms with van der Waals surface area (Å²) in [7, 11) is 0. The molecular formula is C16H21ClN4. The van der Waals surface area contributed by atoms with Gasteiger partial charge in [0.05, 0.1) is 10.7 Å². The first-order chi connectivity index (χ1) is 10.1. The zero-order valence-corrected chi connectivity index (χ0v) is 13.4. The van der Waals surface area contributed by atoms with Crippen LogP contribution in [-0.4, -0.2) is 16.5 Å². The molecule has 0 saturated heterocycles. The molecule has 0 radical (unpaired) electrons. The van der Waals surface area contributed by atoms with E-state index >= 15 is 0 Å². The van der Waals surface area contributed by atoms with Crippen molar-refractivity contribution in [2.75, 3.05) is 17.2 Å². The Morgan fingerprint density at radius 2 is 1.86 bits per heavy atom. The number of anilines is 3. The first-order valence-corrected chi connectivity index (χ1v) is 7.62. The van der Waals surface area contributed by atoms with E-state index in [1.165, 1.54) is 0 Å². The molecule has 1 aromatic heterocycles. The molecule has 0 spiro atoms. The first kappa shape index (κ1) is 15.6. The number of rotatable bonds is 6. The molecule has 21 heavy (non-hydrogen) atoms. The van der Waals surface area contributed by atoms with E-state index in [1.807, 2.05) is 30.3 Å². The minimum Gasteiger partial charge on any atom is -0.370 e. The Morgan fingerprint density at radius 1 is 1.14 bits per heavy atom. The normalized spacial score (nSPS) is 10.7. The Balaban J connectivity index is 2.29. The summed E-state index contributed by atoms with van der Waals surface area (Å²) in [5, 5.41) is 7.24. The SMILES string of the molecule is CCCNc1cc(Nc2ccccc2Cl)nc(C(C)C)n1. The van der Waals surface area contributed by atoms with E-state index < -0.39 is 0 Å². The Hall–Kier alpha value is -1.81. The maximum atomic E-state index is 6.18. The molecular weight excluding hydrogens is 284 g/mol. The van der Waals surface area contributed by atoms with Crippen LogP contribution in [0, 0.1) is 0 Å². The summed E-state index contributed by atoms with van der Waals surface area (Å²) < 4.78 is 0. The molecule has 2 rings (SSSR count). The fourth-order valence-corrected chi connectivity index (χ4v) is 2.02. The highest BCUT2D eigenvalue weighted by Gasteiger charge is 2.09. The molecule has 0 amide bonds. The molecule has 0 bridgehead atoms. The third-order valence-corrected chi connectivity index (χ3v) is 3.28. The topological polar surface area (TPSA) is 49.8 Å². The van der Waals surface area contributed by atoms with Crippen LogP contribution in [-0.2, 0) is 0 Å². The van der Waals surface area contributed by atoms with E-state index in [4.69, 9.17) is 11.6 Å². The minimum absolute atomic E-state index is 0.264. The predicted octanol–water partition coefficient (Wildman–Crippen LogP) is 4.82. The summed E-state index contributed by atoms with van der Waals surface area (Å²) in [4.78, 5) is 9.10. The molecule has 0 aliphatic heterocycles. The molecule has 4 nitrogen and oxygen atoms in total. The molecule has 2 N–H and O–H groups in total. The molecule has 0 atom stereocenters. The van der Waals surface area contributed by atoms with Crippen molar-refractivity contribution < 1.29 is 0 Å². The number of para-hydroxylation sites is 1. The summed E-state index contributed by atoms with van der Waals surface area (Å²) in [5.74, 6) is 2.66. The van der Waals surface area contributed by atoms with Crippen LogP contribution in [0.3, 0.4) is 0 Å². The molecule has 5 heteroatoms. The lowest BCUT2D eigenvalue weighted by Gasteiger charge is -2.13. The fraction of sp³-hybridized carbons (Fsp3) is 0.375. The monoisotopic (exact) mass is 304 g/mol. The number of nitrogens with zero attached hydrogens (tertiary/aromatic N) is 2. The van der Waals surface area contributed by atoms with Gasteiger partial charge in [-0.15, -0.1) is 0 Å². The van der Waals surface area contributed by atoms with E-state index in [2.05, 4.69) is 41.4 Å². The highest BCUT2D eigenvalue weighted by molar-refractivity contribution is 6.33. The van der Waals surface area contributed by atoms with Crippen molar-refractivity contribution >= 4 is 28.9 Å². The van der Waals surface area contributed by atoms with E-state index in [0.717, 1.165) is 36.1 Å². The van der Waals surface area contributed by atoms with E-state index in [0.29, 0.717) is 5.02 Å². The molecule has 0 saturated carbocycles. The summed E-state index contributed by atoms with van der Waals surface area (Å²) in [6, 6.07) is 9.53. The summed E-state index contributed by atoms with van der Waals surface area (Å²) in [5.41, 5.74) is 0.842. The van der Waals surface area contributed by atoms with Gasteiger partial charge < -0.3 is 10.6 Å². The molecule has 2 aromatic rings. The number of hydrogen-bond donors (Lipinski definition) is 2. The largest absolute Gasteiger partial charge is 0.370 e. The second kappa shape index (κ2) is 7.27. The molecule has 0 aliphatic carbocycles. The van der Waals surface area contributed by atoms with Crippen LogP contribution in [0.15, 0.2) is 30.3 Å². The Labute approximate surface area is 131 Å². The predicted molar refractivity (Wildman–Crippen MR) is 89.6 cm³/mol. The zero-order chi connectivity index (χ0) is 15.2. The molecule has 0 fully saturated rings. The lowest BCUT2D eigenvalue weighted by molar-refractivity contribution is 0.775. The van der Waals surface area contributed by atoms with E-state index in [1.54, 1.807) is 0 Å².